The van der Waals surface area contributed by atoms with Gasteiger partial charge in [-0.3, -0.25) is 4.79 Å². The summed E-state index contributed by atoms with van der Waals surface area (Å²) in [7, 11) is 1.89. The minimum Gasteiger partial charge on any atom is -0.343 e. The molecule has 0 radical (unpaired) electrons. The monoisotopic (exact) mass is 262 g/mol. The molecule has 0 aliphatic heterocycles. The van der Waals surface area contributed by atoms with Crippen LogP contribution in [0.3, 0.4) is 0 Å². The van der Waals surface area contributed by atoms with E-state index in [0.717, 1.165) is 18.4 Å². The van der Waals surface area contributed by atoms with Gasteiger partial charge in [-0.1, -0.05) is 43.7 Å². The number of carbonyl (C=O) groups excluding carboxylic acids is 1. The summed E-state index contributed by atoms with van der Waals surface area (Å²) >= 11 is 0. The second-order valence-corrected chi connectivity index (χ2v) is 5.20. The van der Waals surface area contributed by atoms with Crippen LogP contribution in [0.4, 0.5) is 0 Å². The summed E-state index contributed by atoms with van der Waals surface area (Å²) in [6.45, 7) is 4.23. The van der Waals surface area contributed by atoms with Crippen molar-refractivity contribution in [3.05, 3.63) is 35.9 Å². The average molecular weight is 262 g/mol. The highest BCUT2D eigenvalue weighted by Gasteiger charge is 2.16. The third kappa shape index (κ3) is 5.03. The molecule has 0 fully saturated rings. The van der Waals surface area contributed by atoms with Gasteiger partial charge in [0.1, 0.15) is 0 Å². The van der Waals surface area contributed by atoms with Crippen LogP contribution >= 0.6 is 0 Å². The summed E-state index contributed by atoms with van der Waals surface area (Å²) in [6, 6.07) is 10.2. The Morgan fingerprint density at radius 1 is 1.26 bits per heavy atom. The van der Waals surface area contributed by atoms with E-state index < -0.39 is 0 Å². The van der Waals surface area contributed by atoms with Crippen molar-refractivity contribution in [2.45, 2.75) is 51.6 Å². The highest BCUT2D eigenvalue weighted by molar-refractivity contribution is 5.76. The van der Waals surface area contributed by atoms with Gasteiger partial charge in [-0.15, -0.1) is 0 Å². The lowest BCUT2D eigenvalue weighted by Crippen LogP contribution is -2.35. The third-order valence-electron chi connectivity index (χ3n) is 3.66. The lowest BCUT2D eigenvalue weighted by atomic mass is 10.0. The van der Waals surface area contributed by atoms with E-state index in [1.807, 2.05) is 42.3 Å². The van der Waals surface area contributed by atoms with Gasteiger partial charge in [-0.05, 0) is 25.3 Å². The van der Waals surface area contributed by atoms with Gasteiger partial charge in [0, 0.05) is 25.6 Å². The molecule has 0 aliphatic rings. The molecule has 2 unspecified atom stereocenters. The molecule has 3 heteroatoms. The van der Waals surface area contributed by atoms with E-state index in [2.05, 4.69) is 13.8 Å². The fraction of sp³-hybridized carbons (Fsp3) is 0.562. The van der Waals surface area contributed by atoms with Crippen LogP contribution < -0.4 is 5.73 Å². The zero-order valence-electron chi connectivity index (χ0n) is 12.3. The molecule has 0 saturated heterocycles. The summed E-state index contributed by atoms with van der Waals surface area (Å²) in [5.74, 6) is 0.187. The normalized spacial score (nSPS) is 13.9. The minimum atomic E-state index is -0.0555. The third-order valence-corrected chi connectivity index (χ3v) is 3.66. The van der Waals surface area contributed by atoms with Crippen molar-refractivity contribution in [1.29, 1.82) is 0 Å². The van der Waals surface area contributed by atoms with E-state index in [0.29, 0.717) is 18.9 Å². The molecule has 2 N–H and O–H groups in total. The van der Waals surface area contributed by atoms with E-state index in [-0.39, 0.29) is 11.9 Å². The summed E-state index contributed by atoms with van der Waals surface area (Å²) in [4.78, 5) is 13.9. The van der Waals surface area contributed by atoms with Gasteiger partial charge in [0.2, 0.25) is 5.91 Å². The molecule has 1 aromatic carbocycles. The largest absolute Gasteiger partial charge is 0.343 e. The first-order valence-corrected chi connectivity index (χ1v) is 7.12. The molecule has 0 spiro atoms. The number of carbonyl (C=O) groups is 1. The van der Waals surface area contributed by atoms with E-state index in [4.69, 9.17) is 5.73 Å². The molecule has 0 heterocycles. The Morgan fingerprint density at radius 3 is 2.47 bits per heavy atom. The fourth-order valence-corrected chi connectivity index (χ4v) is 2.18. The Bertz CT molecular complexity index is 378. The maximum Gasteiger partial charge on any atom is 0.222 e. The fourth-order valence-electron chi connectivity index (χ4n) is 2.18. The van der Waals surface area contributed by atoms with Gasteiger partial charge in [0.05, 0.1) is 0 Å². The SMILES string of the molecule is CCCC(C)N(C)C(=O)CCC(N)c1ccccc1. The molecule has 2 atom stereocenters. The van der Waals surface area contributed by atoms with Crippen molar-refractivity contribution in [2.75, 3.05) is 7.05 Å². The van der Waals surface area contributed by atoms with Gasteiger partial charge in [0.25, 0.3) is 0 Å². The predicted octanol–water partition coefficient (Wildman–Crippen LogP) is 3.11. The number of nitrogens with zero attached hydrogens (tertiary/aromatic N) is 1. The Hall–Kier alpha value is -1.35. The van der Waals surface area contributed by atoms with Crippen molar-refractivity contribution >= 4 is 5.91 Å². The first-order valence-electron chi connectivity index (χ1n) is 7.12. The van der Waals surface area contributed by atoms with E-state index in [1.165, 1.54) is 0 Å². The zero-order chi connectivity index (χ0) is 14.3. The number of hydrogen-bond acceptors (Lipinski definition) is 2. The molecular formula is C16H26N2O. The first-order chi connectivity index (χ1) is 9.06. The Morgan fingerprint density at radius 2 is 1.89 bits per heavy atom. The van der Waals surface area contributed by atoms with E-state index >= 15 is 0 Å². The molecule has 106 valence electrons. The van der Waals surface area contributed by atoms with Crippen molar-refractivity contribution in [3.63, 3.8) is 0 Å². The van der Waals surface area contributed by atoms with E-state index in [1.54, 1.807) is 0 Å². The molecule has 0 aromatic heterocycles. The molecule has 1 rings (SSSR count). The van der Waals surface area contributed by atoms with Crippen molar-refractivity contribution in [1.82, 2.24) is 4.90 Å². The lowest BCUT2D eigenvalue weighted by molar-refractivity contribution is -0.132. The topological polar surface area (TPSA) is 46.3 Å². The molecule has 1 amide bonds. The van der Waals surface area contributed by atoms with Crippen LogP contribution in [-0.4, -0.2) is 23.9 Å². The van der Waals surface area contributed by atoms with Gasteiger partial charge in [-0.2, -0.15) is 0 Å². The molecule has 19 heavy (non-hydrogen) atoms. The second kappa shape index (κ2) is 7.95. The Kier molecular flexibility index (Phi) is 6.57. The number of rotatable bonds is 7. The maximum atomic E-state index is 12.1. The van der Waals surface area contributed by atoms with Crippen molar-refractivity contribution in [2.24, 2.45) is 5.73 Å². The Labute approximate surface area is 116 Å². The van der Waals surface area contributed by atoms with Crippen LogP contribution in [0, 0.1) is 0 Å². The van der Waals surface area contributed by atoms with E-state index in [9.17, 15) is 4.79 Å². The second-order valence-electron chi connectivity index (χ2n) is 5.20. The van der Waals surface area contributed by atoms with Crippen LogP contribution in [0.25, 0.3) is 0 Å². The van der Waals surface area contributed by atoms with Crippen LogP contribution in [0.1, 0.15) is 51.1 Å². The van der Waals surface area contributed by atoms with Gasteiger partial charge >= 0.3 is 0 Å². The number of nitrogens with two attached hydrogens (primary N) is 1. The van der Waals surface area contributed by atoms with Crippen LogP contribution in [0.15, 0.2) is 30.3 Å². The van der Waals surface area contributed by atoms with Gasteiger partial charge in [-0.25, -0.2) is 0 Å². The summed E-state index contributed by atoms with van der Waals surface area (Å²) in [5, 5.41) is 0. The number of amides is 1. The van der Waals surface area contributed by atoms with Crippen LogP contribution in [0.5, 0.6) is 0 Å². The smallest absolute Gasteiger partial charge is 0.222 e. The first kappa shape index (κ1) is 15.7. The zero-order valence-corrected chi connectivity index (χ0v) is 12.3. The maximum absolute atomic E-state index is 12.1. The molecule has 1 aromatic rings. The highest BCUT2D eigenvalue weighted by Crippen LogP contribution is 2.16. The summed E-state index contributed by atoms with van der Waals surface area (Å²) in [5.41, 5.74) is 7.20. The lowest BCUT2D eigenvalue weighted by Gasteiger charge is -2.25. The van der Waals surface area contributed by atoms with Gasteiger partial charge < -0.3 is 10.6 Å². The highest BCUT2D eigenvalue weighted by atomic mass is 16.2. The molecule has 0 saturated carbocycles. The van der Waals surface area contributed by atoms with Crippen molar-refractivity contribution < 1.29 is 4.79 Å². The van der Waals surface area contributed by atoms with Crippen LogP contribution in [0.2, 0.25) is 0 Å². The standard InChI is InChI=1S/C16H26N2O/c1-4-8-13(2)18(3)16(19)12-11-15(17)14-9-6-5-7-10-14/h5-7,9-10,13,15H,4,8,11-12,17H2,1-3H3. The quantitative estimate of drug-likeness (QED) is 0.820. The molecule has 0 aliphatic carbocycles. The molecule has 3 nitrogen and oxygen atoms in total. The average Bonchev–Trinajstić information content (AvgIpc) is 2.44. The predicted molar refractivity (Wildman–Crippen MR) is 79.7 cm³/mol. The number of benzene rings is 1. The summed E-state index contributed by atoms with van der Waals surface area (Å²) in [6.07, 6.45) is 3.36. The van der Waals surface area contributed by atoms with Crippen LogP contribution in [-0.2, 0) is 4.79 Å². The molecular weight excluding hydrogens is 236 g/mol. The summed E-state index contributed by atoms with van der Waals surface area (Å²) < 4.78 is 0. The molecule has 0 bridgehead atoms. The number of hydrogen-bond donors (Lipinski definition) is 1. The Balaban J connectivity index is 2.42. The van der Waals surface area contributed by atoms with Crippen molar-refractivity contribution in [3.8, 4) is 0 Å². The van der Waals surface area contributed by atoms with Gasteiger partial charge in [0.15, 0.2) is 0 Å². The minimum absolute atomic E-state index is 0.0555.